The molecule has 1 aromatic heterocycles. The molecule has 1 aromatic carbocycles. The number of piperazine rings is 1. The van der Waals surface area contributed by atoms with E-state index in [4.69, 9.17) is 5.26 Å². The van der Waals surface area contributed by atoms with Crippen LogP contribution in [0.2, 0.25) is 0 Å². The molecule has 2 saturated heterocycles. The number of anilines is 1. The van der Waals surface area contributed by atoms with Crippen LogP contribution in [0.15, 0.2) is 36.4 Å². The molecule has 0 N–H and O–H groups in total. The van der Waals surface area contributed by atoms with Crippen LogP contribution in [0.4, 0.5) is 5.82 Å². The van der Waals surface area contributed by atoms with Gasteiger partial charge in [-0.05, 0) is 35.6 Å². The first-order valence-electron chi connectivity index (χ1n) is 9.44. The van der Waals surface area contributed by atoms with Crippen molar-refractivity contribution in [3.05, 3.63) is 53.2 Å². The van der Waals surface area contributed by atoms with Crippen molar-refractivity contribution >= 4 is 11.7 Å². The quantitative estimate of drug-likeness (QED) is 0.837. The van der Waals surface area contributed by atoms with E-state index in [1.165, 1.54) is 5.56 Å². The van der Waals surface area contributed by atoms with Crippen molar-refractivity contribution in [3.63, 3.8) is 0 Å². The van der Waals surface area contributed by atoms with E-state index in [0.29, 0.717) is 18.0 Å². The normalized spacial score (nSPS) is 21.0. The van der Waals surface area contributed by atoms with Crippen molar-refractivity contribution in [1.82, 2.24) is 15.1 Å². The molecule has 0 saturated carbocycles. The molecule has 3 heterocycles. The third-order valence-corrected chi connectivity index (χ3v) is 5.62. The maximum atomic E-state index is 12.8. The van der Waals surface area contributed by atoms with Gasteiger partial charge in [-0.25, -0.2) is 0 Å². The van der Waals surface area contributed by atoms with Crippen molar-refractivity contribution in [2.24, 2.45) is 0 Å². The lowest BCUT2D eigenvalue weighted by Crippen LogP contribution is -2.49. The highest BCUT2D eigenvalue weighted by Gasteiger charge is 2.45. The van der Waals surface area contributed by atoms with Gasteiger partial charge in [0.05, 0.1) is 18.5 Å². The molecule has 0 radical (unpaired) electrons. The van der Waals surface area contributed by atoms with Gasteiger partial charge in [-0.1, -0.05) is 38.1 Å². The van der Waals surface area contributed by atoms with E-state index in [-0.39, 0.29) is 18.0 Å². The molecule has 2 aromatic rings. The number of fused-ring (bicyclic) bond motifs is 2. The minimum atomic E-state index is 0.199. The Morgan fingerprint density at radius 3 is 2.48 bits per heavy atom. The second kappa shape index (κ2) is 6.99. The van der Waals surface area contributed by atoms with Crippen LogP contribution in [0, 0.1) is 11.3 Å². The van der Waals surface area contributed by atoms with Crippen molar-refractivity contribution in [2.75, 3.05) is 18.0 Å². The summed E-state index contributed by atoms with van der Waals surface area (Å²) >= 11 is 0. The average Bonchev–Trinajstić information content (AvgIpc) is 3.29. The molecule has 2 aliphatic heterocycles. The van der Waals surface area contributed by atoms with Gasteiger partial charge in [-0.15, -0.1) is 10.2 Å². The van der Waals surface area contributed by atoms with Crippen molar-refractivity contribution in [1.29, 1.82) is 5.26 Å². The fraction of sp³-hybridized carbons (Fsp3) is 0.429. The number of carbonyl (C=O) groups excluding carboxylic acids is 1. The highest BCUT2D eigenvalue weighted by molar-refractivity contribution is 5.80. The maximum absolute atomic E-state index is 12.8. The zero-order valence-electron chi connectivity index (χ0n) is 15.7. The molecular weight excluding hydrogens is 338 g/mol. The molecule has 2 atom stereocenters. The molecule has 2 bridgehead atoms. The monoisotopic (exact) mass is 361 g/mol. The summed E-state index contributed by atoms with van der Waals surface area (Å²) in [5, 5.41) is 16.9. The first kappa shape index (κ1) is 17.5. The molecule has 0 unspecified atom stereocenters. The fourth-order valence-electron chi connectivity index (χ4n) is 4.09. The van der Waals surface area contributed by atoms with E-state index < -0.39 is 0 Å². The first-order valence-corrected chi connectivity index (χ1v) is 9.44. The zero-order chi connectivity index (χ0) is 19.0. The highest BCUT2D eigenvalue weighted by Crippen LogP contribution is 2.33. The van der Waals surface area contributed by atoms with Crippen molar-refractivity contribution in [3.8, 4) is 6.07 Å². The Kier molecular flexibility index (Phi) is 4.53. The van der Waals surface area contributed by atoms with Crippen LogP contribution in [0.3, 0.4) is 0 Å². The number of rotatable bonds is 4. The second-order valence-corrected chi connectivity index (χ2v) is 7.70. The summed E-state index contributed by atoms with van der Waals surface area (Å²) in [6.45, 7) is 5.86. The van der Waals surface area contributed by atoms with E-state index in [0.717, 1.165) is 30.9 Å². The van der Waals surface area contributed by atoms with Gasteiger partial charge < -0.3 is 9.80 Å². The summed E-state index contributed by atoms with van der Waals surface area (Å²) in [7, 11) is 0. The van der Waals surface area contributed by atoms with Crippen LogP contribution in [-0.4, -0.2) is 46.2 Å². The Morgan fingerprint density at radius 2 is 1.93 bits per heavy atom. The predicted molar refractivity (Wildman–Crippen MR) is 102 cm³/mol. The van der Waals surface area contributed by atoms with Gasteiger partial charge in [-0.3, -0.25) is 4.79 Å². The highest BCUT2D eigenvalue weighted by atomic mass is 16.2. The van der Waals surface area contributed by atoms with Crippen LogP contribution < -0.4 is 4.90 Å². The summed E-state index contributed by atoms with van der Waals surface area (Å²) in [6, 6.07) is 14.4. The summed E-state index contributed by atoms with van der Waals surface area (Å²) < 4.78 is 0. The van der Waals surface area contributed by atoms with E-state index in [2.05, 4.69) is 53.2 Å². The van der Waals surface area contributed by atoms with Crippen LogP contribution >= 0.6 is 0 Å². The van der Waals surface area contributed by atoms with Gasteiger partial charge in [0.2, 0.25) is 5.91 Å². The largest absolute Gasteiger partial charge is 0.348 e. The topological polar surface area (TPSA) is 73.1 Å². The molecule has 1 amide bonds. The number of nitriles is 1. The number of hydrogen-bond donors (Lipinski definition) is 0. The van der Waals surface area contributed by atoms with Gasteiger partial charge in [0.1, 0.15) is 6.07 Å². The second-order valence-electron chi connectivity index (χ2n) is 7.70. The Hall–Kier alpha value is -2.94. The first-order chi connectivity index (χ1) is 13.0. The van der Waals surface area contributed by atoms with Crippen LogP contribution in [-0.2, 0) is 11.2 Å². The summed E-state index contributed by atoms with van der Waals surface area (Å²) in [5.41, 5.74) is 2.69. The number of benzene rings is 1. The molecule has 2 fully saturated rings. The lowest BCUT2D eigenvalue weighted by atomic mass is 10.0. The molecule has 27 heavy (non-hydrogen) atoms. The molecule has 6 heteroatoms. The third-order valence-electron chi connectivity index (χ3n) is 5.62. The van der Waals surface area contributed by atoms with Gasteiger partial charge in [0.25, 0.3) is 0 Å². The van der Waals surface area contributed by atoms with Crippen LogP contribution in [0.1, 0.15) is 43.0 Å². The van der Waals surface area contributed by atoms with Crippen molar-refractivity contribution in [2.45, 2.75) is 44.7 Å². The summed E-state index contributed by atoms with van der Waals surface area (Å²) in [4.78, 5) is 17.0. The van der Waals surface area contributed by atoms with E-state index in [1.54, 1.807) is 6.07 Å². The lowest BCUT2D eigenvalue weighted by molar-refractivity contribution is -0.131. The van der Waals surface area contributed by atoms with Gasteiger partial charge in [0.15, 0.2) is 11.5 Å². The average molecular weight is 361 g/mol. The van der Waals surface area contributed by atoms with Crippen molar-refractivity contribution < 1.29 is 4.79 Å². The van der Waals surface area contributed by atoms with Crippen LogP contribution in [0.25, 0.3) is 0 Å². The Morgan fingerprint density at radius 1 is 1.15 bits per heavy atom. The number of nitrogens with zero attached hydrogens (tertiary/aromatic N) is 5. The summed E-state index contributed by atoms with van der Waals surface area (Å²) in [5.74, 6) is 1.49. The lowest BCUT2D eigenvalue weighted by Gasteiger charge is -2.34. The number of carbonyl (C=O) groups is 1. The van der Waals surface area contributed by atoms with Gasteiger partial charge in [-0.2, -0.15) is 5.26 Å². The van der Waals surface area contributed by atoms with Gasteiger partial charge in [0, 0.05) is 13.1 Å². The van der Waals surface area contributed by atoms with Gasteiger partial charge >= 0.3 is 0 Å². The predicted octanol–water partition coefficient (Wildman–Crippen LogP) is 2.50. The fourth-order valence-corrected chi connectivity index (χ4v) is 4.09. The molecule has 0 aliphatic carbocycles. The smallest absolute Gasteiger partial charge is 0.227 e. The Labute approximate surface area is 159 Å². The van der Waals surface area contributed by atoms with E-state index in [1.807, 2.05) is 17.0 Å². The summed E-state index contributed by atoms with van der Waals surface area (Å²) in [6.07, 6.45) is 1.43. The zero-order valence-corrected chi connectivity index (χ0v) is 15.7. The standard InChI is InChI=1S/C21H23N5O/c1-14(2)16-5-3-15(4-6-16)9-21(27)26-13-18-10-19(26)12-25(18)20-8-7-17(11-22)23-24-20/h3-8,14,18-19H,9-10,12-13H2,1-2H3/t18-,19-/m1/s1. The molecule has 6 nitrogen and oxygen atoms in total. The Balaban J connectivity index is 1.38. The molecule has 0 spiro atoms. The molecule has 4 rings (SSSR count). The number of likely N-dealkylation sites (tertiary alicyclic amines) is 1. The Bertz CT molecular complexity index is 869. The molecule has 2 aliphatic rings. The minimum absolute atomic E-state index is 0.199. The maximum Gasteiger partial charge on any atom is 0.227 e. The SMILES string of the molecule is CC(C)c1ccc(CC(=O)N2C[C@H]3C[C@@H]2CN3c2ccc(C#N)nn2)cc1. The van der Waals surface area contributed by atoms with Crippen LogP contribution in [0.5, 0.6) is 0 Å². The van der Waals surface area contributed by atoms with E-state index >= 15 is 0 Å². The molecular formula is C21H23N5O. The molecule has 138 valence electrons. The minimum Gasteiger partial charge on any atom is -0.348 e. The number of hydrogen-bond acceptors (Lipinski definition) is 5. The third kappa shape index (κ3) is 3.37. The number of amides is 1. The number of aromatic nitrogens is 2. The van der Waals surface area contributed by atoms with E-state index in [9.17, 15) is 4.79 Å².